The fraction of sp³-hybridized carbons (Fsp3) is 0.273. The lowest BCUT2D eigenvalue weighted by Crippen LogP contribution is -2.32. The second-order valence-electron chi connectivity index (χ2n) is 3.90. The molecule has 0 aliphatic carbocycles. The first-order valence-corrected chi connectivity index (χ1v) is 5.29. The van der Waals surface area contributed by atoms with E-state index in [-0.39, 0.29) is 11.5 Å². The molecule has 0 fully saturated rings. The minimum Gasteiger partial charge on any atom is -0.383 e. The maximum atomic E-state index is 13.1. The van der Waals surface area contributed by atoms with Crippen LogP contribution in [0.25, 0.3) is 11.3 Å². The summed E-state index contributed by atoms with van der Waals surface area (Å²) >= 11 is 0. The molecule has 2 heterocycles. The van der Waals surface area contributed by atoms with Gasteiger partial charge in [0.25, 0.3) is 0 Å². The zero-order valence-electron chi connectivity index (χ0n) is 9.60. The van der Waals surface area contributed by atoms with Crippen LogP contribution in [0.3, 0.4) is 0 Å². The molecule has 0 radical (unpaired) electrons. The molecule has 2 N–H and O–H groups in total. The molecule has 19 heavy (non-hydrogen) atoms. The smallest absolute Gasteiger partial charge is 0.324 e. The number of halogens is 4. The summed E-state index contributed by atoms with van der Waals surface area (Å²) in [6, 6.07) is 3.12. The van der Waals surface area contributed by atoms with Crippen LogP contribution in [0.4, 0.5) is 23.4 Å². The third-order valence-electron chi connectivity index (χ3n) is 2.53. The molecule has 0 aliphatic rings. The number of pyridine rings is 1. The third-order valence-corrected chi connectivity index (χ3v) is 2.53. The highest BCUT2D eigenvalue weighted by atomic mass is 19.3. The van der Waals surface area contributed by atoms with E-state index in [4.69, 9.17) is 5.73 Å². The quantitative estimate of drug-likeness (QED) is 0.871. The van der Waals surface area contributed by atoms with E-state index in [1.807, 2.05) is 0 Å². The molecule has 0 spiro atoms. The van der Waals surface area contributed by atoms with E-state index in [0.29, 0.717) is 5.56 Å². The molecular formula is C11H10F4N4. The average molecular weight is 274 g/mol. The third kappa shape index (κ3) is 2.67. The fourth-order valence-corrected chi connectivity index (χ4v) is 1.60. The number of hydrogen-bond acceptors (Lipinski definition) is 3. The number of alkyl halides is 4. The number of nitrogens with zero attached hydrogens (tertiary/aromatic N) is 3. The Morgan fingerprint density at radius 3 is 2.74 bits per heavy atom. The highest BCUT2D eigenvalue weighted by Gasteiger charge is 2.41. The van der Waals surface area contributed by atoms with Crippen LogP contribution in [0.15, 0.2) is 30.9 Å². The van der Waals surface area contributed by atoms with E-state index in [2.05, 4.69) is 9.97 Å². The molecule has 8 heteroatoms. The summed E-state index contributed by atoms with van der Waals surface area (Å²) in [7, 11) is 0. The highest BCUT2D eigenvalue weighted by molar-refractivity contribution is 5.70. The average Bonchev–Trinajstić information content (AvgIpc) is 2.77. The van der Waals surface area contributed by atoms with Gasteiger partial charge in [-0.05, 0) is 12.1 Å². The Kier molecular flexibility index (Phi) is 3.41. The number of aromatic nitrogens is 3. The van der Waals surface area contributed by atoms with Crippen molar-refractivity contribution in [2.45, 2.75) is 18.9 Å². The summed E-state index contributed by atoms with van der Waals surface area (Å²) in [6.45, 7) is -1.17. The van der Waals surface area contributed by atoms with Gasteiger partial charge in [-0.1, -0.05) is 0 Å². The van der Waals surface area contributed by atoms with Crippen LogP contribution < -0.4 is 5.73 Å². The van der Waals surface area contributed by atoms with Gasteiger partial charge in [-0.2, -0.15) is 8.78 Å². The molecule has 4 nitrogen and oxygen atoms in total. The van der Waals surface area contributed by atoms with Crippen LogP contribution in [0.2, 0.25) is 0 Å². The minimum absolute atomic E-state index is 0.115. The van der Waals surface area contributed by atoms with E-state index < -0.39 is 18.9 Å². The highest BCUT2D eigenvalue weighted by Crippen LogP contribution is 2.29. The van der Waals surface area contributed by atoms with Crippen molar-refractivity contribution in [3.8, 4) is 11.3 Å². The lowest BCUT2D eigenvalue weighted by molar-refractivity contribution is -0.137. The summed E-state index contributed by atoms with van der Waals surface area (Å²) in [6.07, 6.45) is 0.0225. The summed E-state index contributed by atoms with van der Waals surface area (Å²) < 4.78 is 51.4. The predicted molar refractivity (Wildman–Crippen MR) is 60.8 cm³/mol. The van der Waals surface area contributed by atoms with Gasteiger partial charge in [0.15, 0.2) is 0 Å². The van der Waals surface area contributed by atoms with Crippen LogP contribution in [0.5, 0.6) is 0 Å². The number of rotatable bonds is 4. The minimum atomic E-state index is -4.13. The molecule has 0 aromatic carbocycles. The van der Waals surface area contributed by atoms with Gasteiger partial charge < -0.3 is 10.3 Å². The van der Waals surface area contributed by atoms with Crippen molar-refractivity contribution in [2.75, 3.05) is 5.73 Å². The first-order valence-electron chi connectivity index (χ1n) is 5.29. The first-order chi connectivity index (χ1) is 8.92. The second-order valence-corrected chi connectivity index (χ2v) is 3.90. The van der Waals surface area contributed by atoms with Gasteiger partial charge >= 0.3 is 12.3 Å². The molecule has 0 saturated carbocycles. The molecule has 0 amide bonds. The van der Waals surface area contributed by atoms with Gasteiger partial charge in [0.05, 0.1) is 24.8 Å². The first kappa shape index (κ1) is 13.3. The zero-order valence-corrected chi connectivity index (χ0v) is 9.60. The van der Waals surface area contributed by atoms with E-state index in [9.17, 15) is 17.6 Å². The van der Waals surface area contributed by atoms with Crippen LogP contribution in [0, 0.1) is 0 Å². The maximum Gasteiger partial charge on any atom is 0.324 e. The van der Waals surface area contributed by atoms with Gasteiger partial charge in [0.1, 0.15) is 5.82 Å². The summed E-state index contributed by atoms with van der Waals surface area (Å²) in [4.78, 5) is 7.49. The number of nitrogen functional groups attached to an aromatic ring is 1. The number of imidazole rings is 1. The van der Waals surface area contributed by atoms with Crippen LogP contribution in [0.1, 0.15) is 0 Å². The number of anilines is 1. The van der Waals surface area contributed by atoms with Crippen molar-refractivity contribution in [3.63, 3.8) is 0 Å². The Hall–Kier alpha value is -2.12. The Morgan fingerprint density at radius 2 is 2.11 bits per heavy atom. The second kappa shape index (κ2) is 4.87. The van der Waals surface area contributed by atoms with Crippen molar-refractivity contribution in [2.24, 2.45) is 0 Å². The molecule has 2 aromatic heterocycles. The van der Waals surface area contributed by atoms with E-state index in [1.165, 1.54) is 12.4 Å². The van der Waals surface area contributed by atoms with Crippen LogP contribution in [-0.4, -0.2) is 26.9 Å². The van der Waals surface area contributed by atoms with Gasteiger partial charge in [0, 0.05) is 11.8 Å². The van der Waals surface area contributed by atoms with Crippen molar-refractivity contribution in [1.29, 1.82) is 0 Å². The van der Waals surface area contributed by atoms with Gasteiger partial charge in [0.2, 0.25) is 0 Å². The summed E-state index contributed by atoms with van der Waals surface area (Å²) in [5.41, 5.74) is 6.20. The predicted octanol–water partition coefficient (Wildman–Crippen LogP) is 2.43. The summed E-state index contributed by atoms with van der Waals surface area (Å²) in [5.74, 6) is -4.02. The van der Waals surface area contributed by atoms with E-state index >= 15 is 0 Å². The Balaban J connectivity index is 2.36. The zero-order chi connectivity index (χ0) is 14.0. The molecule has 2 aromatic rings. The Bertz CT molecular complexity index is 567. The maximum absolute atomic E-state index is 13.1. The van der Waals surface area contributed by atoms with E-state index in [0.717, 1.165) is 10.9 Å². The lowest BCUT2D eigenvalue weighted by atomic mass is 10.2. The molecule has 0 atom stereocenters. The van der Waals surface area contributed by atoms with E-state index in [1.54, 1.807) is 12.1 Å². The van der Waals surface area contributed by atoms with Gasteiger partial charge in [-0.15, -0.1) is 0 Å². The normalized spacial score (nSPS) is 12.1. The topological polar surface area (TPSA) is 56.7 Å². The Labute approximate surface area is 105 Å². The van der Waals surface area contributed by atoms with Crippen molar-refractivity contribution >= 4 is 5.82 Å². The molecule has 0 unspecified atom stereocenters. The van der Waals surface area contributed by atoms with Gasteiger partial charge in [-0.3, -0.25) is 0 Å². The van der Waals surface area contributed by atoms with Crippen molar-refractivity contribution in [3.05, 3.63) is 30.9 Å². The molecule has 0 saturated heterocycles. The monoisotopic (exact) mass is 274 g/mol. The van der Waals surface area contributed by atoms with Crippen molar-refractivity contribution in [1.82, 2.24) is 14.5 Å². The molecule has 2 rings (SSSR count). The standard InChI is InChI=1S/C11H10F4N4/c12-10(13)11(14,15)5-19-6-17-4-8(19)7-2-1-3-18-9(7)16/h1-4,6,10H,5H2,(H2,16,18). The van der Waals surface area contributed by atoms with Crippen LogP contribution >= 0.6 is 0 Å². The van der Waals surface area contributed by atoms with Crippen LogP contribution in [-0.2, 0) is 6.54 Å². The Morgan fingerprint density at radius 1 is 1.37 bits per heavy atom. The summed E-state index contributed by atoms with van der Waals surface area (Å²) in [5, 5.41) is 0. The molecule has 0 bridgehead atoms. The molecular weight excluding hydrogens is 264 g/mol. The SMILES string of the molecule is Nc1ncccc1-c1cncn1CC(F)(F)C(F)F. The lowest BCUT2D eigenvalue weighted by Gasteiger charge is -2.17. The fourth-order valence-electron chi connectivity index (χ4n) is 1.60. The molecule has 0 aliphatic heterocycles. The largest absolute Gasteiger partial charge is 0.383 e. The number of hydrogen-bond donors (Lipinski definition) is 1. The molecule has 102 valence electrons. The number of nitrogens with two attached hydrogens (primary N) is 1. The van der Waals surface area contributed by atoms with Gasteiger partial charge in [-0.25, -0.2) is 18.7 Å². The van der Waals surface area contributed by atoms with Crippen molar-refractivity contribution < 1.29 is 17.6 Å².